The van der Waals surface area contributed by atoms with Crippen molar-refractivity contribution < 1.29 is 0 Å². The minimum absolute atomic E-state index is 0.921. The summed E-state index contributed by atoms with van der Waals surface area (Å²) in [5.41, 5.74) is 10.2. The summed E-state index contributed by atoms with van der Waals surface area (Å²) in [5, 5.41) is 5.87. The summed E-state index contributed by atoms with van der Waals surface area (Å²) < 4.78 is 1.94. The molecule has 0 bridgehead atoms. The summed E-state index contributed by atoms with van der Waals surface area (Å²) in [6, 6.07) is 6.51. The van der Waals surface area contributed by atoms with Crippen molar-refractivity contribution in [3.63, 3.8) is 0 Å². The van der Waals surface area contributed by atoms with Gasteiger partial charge in [-0.2, -0.15) is 9.61 Å². The maximum Gasteiger partial charge on any atom is 0.165 e. The molecule has 0 spiro atoms. The Morgan fingerprint density at radius 2 is 1.61 bits per heavy atom. The molecule has 116 valence electrons. The summed E-state index contributed by atoms with van der Waals surface area (Å²) in [7, 11) is 0. The Kier molecular flexibility index (Phi) is 2.85. The zero-order valence-electron chi connectivity index (χ0n) is 14.2. The number of aromatic amines is 1. The molecular weight excluding hydrogens is 284 g/mol. The highest BCUT2D eigenvalue weighted by molar-refractivity contribution is 5.89. The molecule has 4 aromatic rings. The van der Waals surface area contributed by atoms with Gasteiger partial charge >= 0.3 is 0 Å². The first-order valence-corrected chi connectivity index (χ1v) is 7.88. The number of nitrogens with zero attached hydrogens (tertiary/aromatic N) is 3. The quantitative estimate of drug-likeness (QED) is 0.566. The van der Waals surface area contributed by atoms with Crippen molar-refractivity contribution in [3.05, 3.63) is 52.5 Å². The van der Waals surface area contributed by atoms with Crippen LogP contribution in [0, 0.1) is 34.6 Å². The zero-order valence-corrected chi connectivity index (χ0v) is 14.2. The van der Waals surface area contributed by atoms with E-state index in [9.17, 15) is 0 Å². The number of aryl methyl sites for hydroxylation is 5. The summed E-state index contributed by atoms with van der Waals surface area (Å²) in [4.78, 5) is 8.15. The van der Waals surface area contributed by atoms with Crippen LogP contribution >= 0.6 is 0 Å². The lowest BCUT2D eigenvalue weighted by Gasteiger charge is -2.11. The van der Waals surface area contributed by atoms with Crippen molar-refractivity contribution in [2.24, 2.45) is 0 Å². The van der Waals surface area contributed by atoms with Gasteiger partial charge in [-0.25, -0.2) is 4.98 Å². The van der Waals surface area contributed by atoms with E-state index in [4.69, 9.17) is 10.1 Å². The highest BCUT2D eigenvalue weighted by atomic mass is 15.3. The Hall–Kier alpha value is -2.62. The van der Waals surface area contributed by atoms with Crippen molar-refractivity contribution in [1.29, 1.82) is 0 Å². The van der Waals surface area contributed by atoms with Gasteiger partial charge in [-0.1, -0.05) is 17.7 Å². The third kappa shape index (κ3) is 1.91. The molecule has 0 aliphatic heterocycles. The molecule has 3 aromatic heterocycles. The highest BCUT2D eigenvalue weighted by Gasteiger charge is 2.19. The number of hydrogen-bond donors (Lipinski definition) is 1. The van der Waals surface area contributed by atoms with Crippen molar-refractivity contribution in [3.8, 4) is 11.1 Å². The molecule has 0 radical (unpaired) electrons. The Labute approximate surface area is 135 Å². The SMILES string of the molecule is Cc1cc(C)c(-c2c(C)nn3c2nc(C)c2cc[nH]c23)c(C)c1. The van der Waals surface area contributed by atoms with Crippen LogP contribution in [0.3, 0.4) is 0 Å². The fourth-order valence-corrected chi connectivity index (χ4v) is 3.69. The summed E-state index contributed by atoms with van der Waals surface area (Å²) >= 11 is 0. The zero-order chi connectivity index (χ0) is 16.3. The number of H-pyrrole nitrogens is 1. The molecule has 0 saturated heterocycles. The van der Waals surface area contributed by atoms with Gasteiger partial charge in [0.25, 0.3) is 0 Å². The van der Waals surface area contributed by atoms with Gasteiger partial charge in [-0.05, 0) is 57.4 Å². The molecule has 4 heteroatoms. The van der Waals surface area contributed by atoms with Gasteiger partial charge in [0.05, 0.1) is 17.0 Å². The van der Waals surface area contributed by atoms with Crippen LogP contribution in [0.2, 0.25) is 0 Å². The number of aromatic nitrogens is 4. The normalized spacial score (nSPS) is 11.7. The largest absolute Gasteiger partial charge is 0.346 e. The monoisotopic (exact) mass is 304 g/mol. The topological polar surface area (TPSA) is 46.0 Å². The average molecular weight is 304 g/mol. The molecular formula is C19H20N4. The lowest BCUT2D eigenvalue weighted by molar-refractivity contribution is 0.938. The third-order valence-electron chi connectivity index (χ3n) is 4.56. The van der Waals surface area contributed by atoms with E-state index in [0.717, 1.165) is 33.6 Å². The second kappa shape index (κ2) is 4.69. The van der Waals surface area contributed by atoms with Crippen LogP contribution in [0.5, 0.6) is 0 Å². The predicted molar refractivity (Wildman–Crippen MR) is 94.0 cm³/mol. The molecule has 3 heterocycles. The van der Waals surface area contributed by atoms with Crippen LogP contribution in [0.4, 0.5) is 0 Å². The molecule has 0 aliphatic rings. The minimum Gasteiger partial charge on any atom is -0.346 e. The molecule has 0 saturated carbocycles. The average Bonchev–Trinajstić information content (AvgIpc) is 3.05. The van der Waals surface area contributed by atoms with E-state index < -0.39 is 0 Å². The molecule has 4 nitrogen and oxygen atoms in total. The lowest BCUT2D eigenvalue weighted by Crippen LogP contribution is -1.96. The van der Waals surface area contributed by atoms with Gasteiger partial charge in [0.1, 0.15) is 5.65 Å². The standard InChI is InChI=1S/C19H20N4/c1-10-8-11(2)16(12(3)9-10)17-14(5)22-23-18-15(6-7-20-18)13(4)21-19(17)23/h6-9,20H,1-5H3. The first kappa shape index (κ1) is 14.0. The fraction of sp³-hybridized carbons (Fsp3) is 0.263. The number of nitrogens with one attached hydrogen (secondary N) is 1. The van der Waals surface area contributed by atoms with E-state index >= 15 is 0 Å². The minimum atomic E-state index is 0.921. The Morgan fingerprint density at radius 1 is 0.913 bits per heavy atom. The second-order valence-electron chi connectivity index (χ2n) is 6.41. The van der Waals surface area contributed by atoms with Gasteiger partial charge in [-0.3, -0.25) is 0 Å². The predicted octanol–water partition coefficient (Wildman–Crippen LogP) is 4.42. The number of hydrogen-bond acceptors (Lipinski definition) is 2. The summed E-state index contributed by atoms with van der Waals surface area (Å²) in [6.45, 7) is 10.6. The van der Waals surface area contributed by atoms with Crippen LogP contribution in [0.25, 0.3) is 27.8 Å². The van der Waals surface area contributed by atoms with E-state index in [1.54, 1.807) is 0 Å². The molecule has 1 N–H and O–H groups in total. The van der Waals surface area contributed by atoms with Gasteiger partial charge < -0.3 is 4.98 Å². The van der Waals surface area contributed by atoms with E-state index in [2.05, 4.69) is 57.8 Å². The number of fused-ring (bicyclic) bond motifs is 3. The first-order valence-electron chi connectivity index (χ1n) is 7.88. The molecule has 0 amide bonds. The van der Waals surface area contributed by atoms with Crippen LogP contribution in [-0.4, -0.2) is 19.6 Å². The Balaban J connectivity index is 2.17. The molecule has 0 aliphatic carbocycles. The maximum absolute atomic E-state index is 4.86. The molecule has 0 fully saturated rings. The van der Waals surface area contributed by atoms with Crippen molar-refractivity contribution in [1.82, 2.24) is 19.6 Å². The van der Waals surface area contributed by atoms with E-state index in [1.807, 2.05) is 10.7 Å². The summed E-state index contributed by atoms with van der Waals surface area (Å²) in [6.07, 6.45) is 1.94. The highest BCUT2D eigenvalue weighted by Crippen LogP contribution is 2.34. The lowest BCUT2D eigenvalue weighted by atomic mass is 9.94. The van der Waals surface area contributed by atoms with Crippen LogP contribution in [-0.2, 0) is 0 Å². The second-order valence-corrected chi connectivity index (χ2v) is 6.41. The van der Waals surface area contributed by atoms with Gasteiger partial charge in [-0.15, -0.1) is 0 Å². The van der Waals surface area contributed by atoms with E-state index in [-0.39, 0.29) is 0 Å². The maximum atomic E-state index is 4.86. The Bertz CT molecular complexity index is 1040. The summed E-state index contributed by atoms with van der Waals surface area (Å²) in [5.74, 6) is 0. The van der Waals surface area contributed by atoms with Crippen molar-refractivity contribution in [2.45, 2.75) is 34.6 Å². The molecule has 4 rings (SSSR count). The molecule has 0 unspecified atom stereocenters. The molecule has 0 atom stereocenters. The van der Waals surface area contributed by atoms with Gasteiger partial charge in [0, 0.05) is 11.6 Å². The number of rotatable bonds is 1. The van der Waals surface area contributed by atoms with E-state index in [0.29, 0.717) is 0 Å². The van der Waals surface area contributed by atoms with Crippen molar-refractivity contribution in [2.75, 3.05) is 0 Å². The number of benzene rings is 1. The van der Waals surface area contributed by atoms with Crippen molar-refractivity contribution >= 4 is 16.7 Å². The molecule has 23 heavy (non-hydrogen) atoms. The van der Waals surface area contributed by atoms with Crippen LogP contribution in [0.1, 0.15) is 28.1 Å². The fourth-order valence-electron chi connectivity index (χ4n) is 3.69. The van der Waals surface area contributed by atoms with Crippen LogP contribution in [0.15, 0.2) is 24.4 Å². The Morgan fingerprint density at radius 3 is 2.30 bits per heavy atom. The van der Waals surface area contributed by atoms with E-state index in [1.165, 1.54) is 22.3 Å². The molecule has 1 aromatic carbocycles. The van der Waals surface area contributed by atoms with Gasteiger partial charge in [0.2, 0.25) is 0 Å². The smallest absolute Gasteiger partial charge is 0.165 e. The van der Waals surface area contributed by atoms with Crippen LogP contribution < -0.4 is 0 Å². The first-order chi connectivity index (χ1) is 11.0. The third-order valence-corrected chi connectivity index (χ3v) is 4.56. The van der Waals surface area contributed by atoms with Gasteiger partial charge in [0.15, 0.2) is 5.65 Å².